The molecule has 2 heterocycles. The fourth-order valence-corrected chi connectivity index (χ4v) is 1.22. The van der Waals surface area contributed by atoms with Crippen LogP contribution in [0.2, 0.25) is 0 Å². The number of pyridine rings is 1. The second-order valence-corrected chi connectivity index (χ2v) is 2.80. The Morgan fingerprint density at radius 3 is 3.00 bits per heavy atom. The molecule has 1 N–H and O–H groups in total. The highest BCUT2D eigenvalue weighted by Gasteiger charge is 2.01. The van der Waals surface area contributed by atoms with Crippen molar-refractivity contribution in [2.45, 2.75) is 6.92 Å². The summed E-state index contributed by atoms with van der Waals surface area (Å²) in [6, 6.07) is 1.87. The van der Waals surface area contributed by atoms with Gasteiger partial charge >= 0.3 is 5.69 Å². The molecule has 0 saturated carbocycles. The summed E-state index contributed by atoms with van der Waals surface area (Å²) in [4.78, 5) is 17.8. The quantitative estimate of drug-likeness (QED) is 0.699. The van der Waals surface area contributed by atoms with E-state index >= 15 is 0 Å². The second kappa shape index (κ2) is 2.90. The number of rotatable bonds is 1. The Morgan fingerprint density at radius 1 is 1.54 bits per heavy atom. The summed E-state index contributed by atoms with van der Waals surface area (Å²) in [5.74, 6) is 0. The number of hydrogen-bond acceptors (Lipinski definition) is 2. The summed E-state index contributed by atoms with van der Waals surface area (Å²) in [7, 11) is 0. The second-order valence-electron chi connectivity index (χ2n) is 2.80. The van der Waals surface area contributed by atoms with Crippen LogP contribution < -0.4 is 5.69 Å². The smallest absolute Gasteiger partial charge is 0.312 e. The molecular weight excluding hydrogens is 166 g/mol. The van der Waals surface area contributed by atoms with Crippen LogP contribution in [-0.4, -0.2) is 14.5 Å². The van der Waals surface area contributed by atoms with Gasteiger partial charge in [0, 0.05) is 18.6 Å². The first kappa shape index (κ1) is 7.79. The van der Waals surface area contributed by atoms with Gasteiger partial charge in [-0.2, -0.15) is 0 Å². The Hall–Kier alpha value is -1.84. The average molecular weight is 175 g/mol. The molecule has 0 unspecified atom stereocenters. The van der Waals surface area contributed by atoms with Gasteiger partial charge in [0.05, 0.1) is 11.9 Å². The van der Waals surface area contributed by atoms with Crippen molar-refractivity contribution in [2.75, 3.05) is 0 Å². The number of nitrogens with zero attached hydrogens (tertiary/aromatic N) is 2. The Morgan fingerprint density at radius 2 is 2.38 bits per heavy atom. The minimum Gasteiger partial charge on any atom is -0.312 e. The van der Waals surface area contributed by atoms with E-state index in [2.05, 4.69) is 9.97 Å². The van der Waals surface area contributed by atoms with Crippen molar-refractivity contribution in [1.29, 1.82) is 0 Å². The molecule has 4 heteroatoms. The average Bonchev–Trinajstić information content (AvgIpc) is 2.52. The number of imidazole rings is 1. The standard InChI is InChI=1S/C9H9N3O/c1-7-2-3-10-6-8(7)12-5-4-11-9(12)13/h2-6H,1H3,(H,11,13). The van der Waals surface area contributed by atoms with E-state index in [1.807, 2.05) is 13.0 Å². The van der Waals surface area contributed by atoms with Gasteiger partial charge in [0.2, 0.25) is 0 Å². The van der Waals surface area contributed by atoms with Crippen LogP contribution in [0.3, 0.4) is 0 Å². The number of hydrogen-bond donors (Lipinski definition) is 1. The maximum Gasteiger partial charge on any atom is 0.330 e. The minimum absolute atomic E-state index is 0.142. The van der Waals surface area contributed by atoms with Crippen LogP contribution >= 0.6 is 0 Å². The molecule has 0 amide bonds. The topological polar surface area (TPSA) is 50.7 Å². The summed E-state index contributed by atoms with van der Waals surface area (Å²) >= 11 is 0. The molecule has 0 aromatic carbocycles. The maximum atomic E-state index is 11.3. The molecular formula is C9H9N3O. The van der Waals surface area contributed by atoms with Gasteiger partial charge in [0.25, 0.3) is 0 Å². The Labute approximate surface area is 74.9 Å². The van der Waals surface area contributed by atoms with Crippen molar-refractivity contribution in [2.24, 2.45) is 0 Å². The van der Waals surface area contributed by atoms with Gasteiger partial charge in [0.15, 0.2) is 0 Å². The van der Waals surface area contributed by atoms with Crippen molar-refractivity contribution >= 4 is 0 Å². The number of aryl methyl sites for hydroxylation is 1. The lowest BCUT2D eigenvalue weighted by molar-refractivity contribution is 0.963. The third-order valence-electron chi connectivity index (χ3n) is 1.92. The van der Waals surface area contributed by atoms with Crippen LogP contribution in [0.5, 0.6) is 0 Å². The van der Waals surface area contributed by atoms with Crippen LogP contribution in [0, 0.1) is 6.92 Å². The normalized spacial score (nSPS) is 10.2. The van der Waals surface area contributed by atoms with E-state index in [1.165, 1.54) is 4.57 Å². The SMILES string of the molecule is Cc1ccncc1-n1cc[nH]c1=O. The molecule has 4 nitrogen and oxygen atoms in total. The maximum absolute atomic E-state index is 11.3. The summed E-state index contributed by atoms with van der Waals surface area (Å²) in [6.07, 6.45) is 6.67. The number of H-pyrrole nitrogens is 1. The molecule has 0 aliphatic rings. The lowest BCUT2D eigenvalue weighted by Crippen LogP contribution is -2.15. The summed E-state index contributed by atoms with van der Waals surface area (Å²) in [5, 5.41) is 0. The van der Waals surface area contributed by atoms with E-state index in [4.69, 9.17) is 0 Å². The molecule has 0 spiro atoms. The highest BCUT2D eigenvalue weighted by Crippen LogP contribution is 2.07. The third-order valence-corrected chi connectivity index (χ3v) is 1.92. The Kier molecular flexibility index (Phi) is 1.73. The fourth-order valence-electron chi connectivity index (χ4n) is 1.22. The third kappa shape index (κ3) is 1.26. The molecule has 0 radical (unpaired) electrons. The zero-order chi connectivity index (χ0) is 9.26. The molecule has 0 aliphatic heterocycles. The van der Waals surface area contributed by atoms with Gasteiger partial charge in [-0.25, -0.2) is 4.79 Å². The lowest BCUT2D eigenvalue weighted by atomic mass is 10.2. The highest BCUT2D eigenvalue weighted by atomic mass is 16.1. The Balaban J connectivity index is 2.66. The number of aromatic nitrogens is 3. The van der Waals surface area contributed by atoms with Crippen LogP contribution in [0.25, 0.3) is 5.69 Å². The first-order valence-electron chi connectivity index (χ1n) is 3.96. The van der Waals surface area contributed by atoms with Crippen molar-refractivity contribution in [3.05, 3.63) is 46.9 Å². The molecule has 2 aromatic rings. The Bertz CT molecular complexity index is 469. The van der Waals surface area contributed by atoms with E-state index in [0.29, 0.717) is 0 Å². The molecule has 0 aliphatic carbocycles. The van der Waals surface area contributed by atoms with E-state index in [0.717, 1.165) is 11.3 Å². The zero-order valence-corrected chi connectivity index (χ0v) is 7.19. The molecule has 2 aromatic heterocycles. The van der Waals surface area contributed by atoms with Crippen molar-refractivity contribution in [3.8, 4) is 5.69 Å². The molecule has 2 rings (SSSR count). The first-order chi connectivity index (χ1) is 6.29. The summed E-state index contributed by atoms with van der Waals surface area (Å²) < 4.78 is 1.53. The van der Waals surface area contributed by atoms with Crippen LogP contribution in [0.15, 0.2) is 35.6 Å². The van der Waals surface area contributed by atoms with E-state index in [1.54, 1.807) is 24.8 Å². The number of nitrogens with one attached hydrogen (secondary N) is 1. The van der Waals surface area contributed by atoms with Crippen LogP contribution in [0.1, 0.15) is 5.56 Å². The van der Waals surface area contributed by atoms with Crippen molar-refractivity contribution in [1.82, 2.24) is 14.5 Å². The molecule has 13 heavy (non-hydrogen) atoms. The predicted octanol–water partition coefficient (Wildman–Crippen LogP) is 0.869. The summed E-state index contributed by atoms with van der Waals surface area (Å²) in [5.41, 5.74) is 1.70. The van der Waals surface area contributed by atoms with Gasteiger partial charge in [-0.3, -0.25) is 9.55 Å². The molecule has 0 fully saturated rings. The lowest BCUT2D eigenvalue weighted by Gasteiger charge is -2.02. The van der Waals surface area contributed by atoms with Crippen molar-refractivity contribution < 1.29 is 0 Å². The van der Waals surface area contributed by atoms with Crippen LogP contribution in [-0.2, 0) is 0 Å². The molecule has 0 saturated heterocycles. The van der Waals surface area contributed by atoms with Gasteiger partial charge in [-0.1, -0.05) is 0 Å². The molecule has 66 valence electrons. The van der Waals surface area contributed by atoms with Gasteiger partial charge < -0.3 is 4.98 Å². The predicted molar refractivity (Wildman–Crippen MR) is 48.9 cm³/mol. The fraction of sp³-hybridized carbons (Fsp3) is 0.111. The van der Waals surface area contributed by atoms with Crippen molar-refractivity contribution in [3.63, 3.8) is 0 Å². The molecule has 0 bridgehead atoms. The van der Waals surface area contributed by atoms with Gasteiger partial charge in [-0.15, -0.1) is 0 Å². The molecule has 0 atom stereocenters. The first-order valence-corrected chi connectivity index (χ1v) is 3.96. The van der Waals surface area contributed by atoms with E-state index in [9.17, 15) is 4.79 Å². The van der Waals surface area contributed by atoms with Gasteiger partial charge in [0.1, 0.15) is 0 Å². The number of aromatic amines is 1. The van der Waals surface area contributed by atoms with E-state index < -0.39 is 0 Å². The minimum atomic E-state index is -0.142. The van der Waals surface area contributed by atoms with Crippen LogP contribution in [0.4, 0.5) is 0 Å². The highest BCUT2D eigenvalue weighted by molar-refractivity contribution is 5.36. The largest absolute Gasteiger partial charge is 0.330 e. The monoisotopic (exact) mass is 175 g/mol. The zero-order valence-electron chi connectivity index (χ0n) is 7.19. The van der Waals surface area contributed by atoms with E-state index in [-0.39, 0.29) is 5.69 Å². The summed E-state index contributed by atoms with van der Waals surface area (Å²) in [6.45, 7) is 1.94. The van der Waals surface area contributed by atoms with Gasteiger partial charge in [-0.05, 0) is 18.6 Å².